The van der Waals surface area contributed by atoms with E-state index in [4.69, 9.17) is 9.47 Å². The van der Waals surface area contributed by atoms with Crippen LogP contribution in [0, 0.1) is 0 Å². The van der Waals surface area contributed by atoms with Gasteiger partial charge >= 0.3 is 0 Å². The molecular weight excluding hydrogens is 276 g/mol. The Morgan fingerprint density at radius 2 is 1.77 bits per heavy atom. The molecule has 0 bridgehead atoms. The van der Waals surface area contributed by atoms with E-state index in [9.17, 15) is 0 Å². The highest BCUT2D eigenvalue weighted by molar-refractivity contribution is 5.47. The van der Waals surface area contributed by atoms with Gasteiger partial charge in [0.05, 0.1) is 19.3 Å². The van der Waals surface area contributed by atoms with Gasteiger partial charge in [0.1, 0.15) is 0 Å². The lowest BCUT2D eigenvalue weighted by Crippen LogP contribution is -2.44. The minimum atomic E-state index is 0.429. The Labute approximate surface area is 134 Å². The summed E-state index contributed by atoms with van der Waals surface area (Å²) in [7, 11) is 1.73. The van der Waals surface area contributed by atoms with Crippen LogP contribution in [0.25, 0.3) is 0 Å². The molecule has 2 aliphatic heterocycles. The van der Waals surface area contributed by atoms with Crippen molar-refractivity contribution in [2.45, 2.75) is 31.4 Å². The monoisotopic (exact) mass is 304 g/mol. The van der Waals surface area contributed by atoms with Gasteiger partial charge in [-0.05, 0) is 31.4 Å². The van der Waals surface area contributed by atoms with Crippen molar-refractivity contribution >= 4 is 5.69 Å². The molecule has 1 aromatic carbocycles. The Morgan fingerprint density at radius 3 is 2.50 bits per heavy atom. The van der Waals surface area contributed by atoms with Crippen molar-refractivity contribution in [1.82, 2.24) is 4.90 Å². The van der Waals surface area contributed by atoms with Gasteiger partial charge in [-0.25, -0.2) is 0 Å². The van der Waals surface area contributed by atoms with E-state index in [1.54, 1.807) is 7.11 Å². The zero-order valence-corrected chi connectivity index (χ0v) is 13.6. The first-order chi connectivity index (χ1) is 10.9. The zero-order valence-electron chi connectivity index (χ0n) is 13.6. The number of ether oxygens (including phenoxy) is 2. The topological polar surface area (TPSA) is 24.9 Å². The van der Waals surface area contributed by atoms with Crippen LogP contribution in [0.5, 0.6) is 0 Å². The molecule has 0 spiro atoms. The van der Waals surface area contributed by atoms with Gasteiger partial charge in [-0.2, -0.15) is 0 Å². The van der Waals surface area contributed by atoms with Crippen LogP contribution >= 0.6 is 0 Å². The number of rotatable bonds is 6. The Balaban J connectivity index is 1.43. The van der Waals surface area contributed by atoms with E-state index in [1.807, 2.05) is 0 Å². The highest BCUT2D eigenvalue weighted by Gasteiger charge is 2.30. The average Bonchev–Trinajstić information content (AvgIpc) is 3.07. The molecule has 2 fully saturated rings. The molecule has 0 saturated carbocycles. The average molecular weight is 304 g/mol. The molecule has 0 aliphatic carbocycles. The van der Waals surface area contributed by atoms with Gasteiger partial charge in [-0.3, -0.25) is 4.90 Å². The standard InChI is InChI=1S/C18H28N2O2/c1-21-13-14-22-18-8-11-19(12-9-18)17-7-10-20(15-17)16-5-3-2-4-6-16/h2-6,17-18H,7-15H2,1H3. The molecule has 4 heteroatoms. The van der Waals surface area contributed by atoms with E-state index in [2.05, 4.69) is 40.1 Å². The fourth-order valence-corrected chi connectivity index (χ4v) is 3.62. The summed E-state index contributed by atoms with van der Waals surface area (Å²) < 4.78 is 10.9. The molecule has 0 amide bonds. The fourth-order valence-electron chi connectivity index (χ4n) is 3.62. The van der Waals surface area contributed by atoms with Crippen LogP contribution in [-0.2, 0) is 9.47 Å². The fraction of sp³-hybridized carbons (Fsp3) is 0.667. The first-order valence-electron chi connectivity index (χ1n) is 8.51. The van der Waals surface area contributed by atoms with Crippen LogP contribution in [0.4, 0.5) is 5.69 Å². The second kappa shape index (κ2) is 7.95. The van der Waals surface area contributed by atoms with Crippen molar-refractivity contribution in [2.75, 3.05) is 51.4 Å². The Hall–Kier alpha value is -1.10. The van der Waals surface area contributed by atoms with Crippen molar-refractivity contribution in [3.05, 3.63) is 30.3 Å². The van der Waals surface area contributed by atoms with Gasteiger partial charge in [0.25, 0.3) is 0 Å². The van der Waals surface area contributed by atoms with Gasteiger partial charge in [0, 0.05) is 45.0 Å². The normalized spacial score (nSPS) is 24.0. The van der Waals surface area contributed by atoms with Crippen LogP contribution in [-0.4, -0.2) is 63.5 Å². The van der Waals surface area contributed by atoms with Crippen LogP contribution in [0.3, 0.4) is 0 Å². The predicted molar refractivity (Wildman–Crippen MR) is 89.5 cm³/mol. The third-order valence-electron chi connectivity index (χ3n) is 4.92. The summed E-state index contributed by atoms with van der Waals surface area (Å²) in [5.74, 6) is 0. The molecule has 2 aliphatic rings. The van der Waals surface area contributed by atoms with E-state index >= 15 is 0 Å². The van der Waals surface area contributed by atoms with Crippen molar-refractivity contribution < 1.29 is 9.47 Å². The quantitative estimate of drug-likeness (QED) is 0.754. The number of anilines is 1. The number of methoxy groups -OCH3 is 1. The maximum absolute atomic E-state index is 5.86. The molecule has 122 valence electrons. The highest BCUT2D eigenvalue weighted by Crippen LogP contribution is 2.25. The summed E-state index contributed by atoms with van der Waals surface area (Å²) in [4.78, 5) is 5.19. The molecule has 1 atom stereocenters. The number of para-hydroxylation sites is 1. The van der Waals surface area contributed by atoms with E-state index in [0.29, 0.717) is 18.8 Å². The summed E-state index contributed by atoms with van der Waals surface area (Å²) in [6.07, 6.45) is 4.03. The molecule has 1 unspecified atom stereocenters. The lowest BCUT2D eigenvalue weighted by Gasteiger charge is -2.36. The molecule has 0 radical (unpaired) electrons. The Bertz CT molecular complexity index is 432. The van der Waals surface area contributed by atoms with Gasteiger partial charge in [-0.15, -0.1) is 0 Å². The molecule has 1 aromatic rings. The maximum Gasteiger partial charge on any atom is 0.0704 e. The maximum atomic E-state index is 5.86. The number of benzene rings is 1. The van der Waals surface area contributed by atoms with Crippen molar-refractivity contribution in [1.29, 1.82) is 0 Å². The minimum Gasteiger partial charge on any atom is -0.382 e. The molecule has 3 rings (SSSR count). The van der Waals surface area contributed by atoms with E-state index in [-0.39, 0.29) is 0 Å². The van der Waals surface area contributed by atoms with Gasteiger partial charge in [-0.1, -0.05) is 18.2 Å². The number of hydrogen-bond acceptors (Lipinski definition) is 4. The van der Waals surface area contributed by atoms with Crippen LogP contribution in [0.1, 0.15) is 19.3 Å². The molecule has 2 saturated heterocycles. The third kappa shape index (κ3) is 4.00. The Morgan fingerprint density at radius 1 is 1.00 bits per heavy atom. The van der Waals surface area contributed by atoms with Crippen molar-refractivity contribution in [3.8, 4) is 0 Å². The number of piperidine rings is 1. The van der Waals surface area contributed by atoms with Crippen molar-refractivity contribution in [3.63, 3.8) is 0 Å². The molecule has 2 heterocycles. The van der Waals surface area contributed by atoms with E-state index in [0.717, 1.165) is 19.4 Å². The summed E-state index contributed by atoms with van der Waals surface area (Å²) in [5.41, 5.74) is 1.36. The van der Waals surface area contributed by atoms with Crippen LogP contribution in [0.2, 0.25) is 0 Å². The van der Waals surface area contributed by atoms with Crippen LogP contribution < -0.4 is 4.90 Å². The minimum absolute atomic E-state index is 0.429. The predicted octanol–water partition coefficient (Wildman–Crippen LogP) is 2.39. The molecule has 22 heavy (non-hydrogen) atoms. The summed E-state index contributed by atoms with van der Waals surface area (Å²) in [6, 6.07) is 11.5. The second-order valence-corrected chi connectivity index (χ2v) is 6.32. The van der Waals surface area contributed by atoms with Gasteiger partial charge in [0.15, 0.2) is 0 Å². The third-order valence-corrected chi connectivity index (χ3v) is 4.92. The summed E-state index contributed by atoms with van der Waals surface area (Å²) >= 11 is 0. The lowest BCUT2D eigenvalue weighted by atomic mass is 10.0. The van der Waals surface area contributed by atoms with Crippen LogP contribution in [0.15, 0.2) is 30.3 Å². The van der Waals surface area contributed by atoms with E-state index < -0.39 is 0 Å². The lowest BCUT2D eigenvalue weighted by molar-refractivity contribution is -0.0198. The molecule has 0 N–H and O–H groups in total. The molecule has 0 aromatic heterocycles. The van der Waals surface area contributed by atoms with E-state index in [1.165, 1.54) is 38.3 Å². The van der Waals surface area contributed by atoms with Gasteiger partial charge in [0.2, 0.25) is 0 Å². The summed E-state index contributed by atoms with van der Waals surface area (Å²) in [6.45, 7) is 6.12. The highest BCUT2D eigenvalue weighted by atomic mass is 16.5. The molecular formula is C18H28N2O2. The zero-order chi connectivity index (χ0) is 15.2. The number of likely N-dealkylation sites (tertiary alicyclic amines) is 1. The molecule has 4 nitrogen and oxygen atoms in total. The number of nitrogens with zero attached hydrogens (tertiary/aromatic N) is 2. The number of hydrogen-bond donors (Lipinski definition) is 0. The second-order valence-electron chi connectivity index (χ2n) is 6.32. The Kier molecular flexibility index (Phi) is 5.70. The SMILES string of the molecule is COCCOC1CCN(C2CCN(c3ccccc3)C2)CC1. The van der Waals surface area contributed by atoms with Crippen molar-refractivity contribution in [2.24, 2.45) is 0 Å². The first-order valence-corrected chi connectivity index (χ1v) is 8.51. The summed E-state index contributed by atoms with van der Waals surface area (Å²) in [5, 5.41) is 0. The first kappa shape index (κ1) is 15.8. The van der Waals surface area contributed by atoms with Gasteiger partial charge < -0.3 is 14.4 Å². The largest absolute Gasteiger partial charge is 0.382 e. The smallest absolute Gasteiger partial charge is 0.0704 e.